The molecule has 1 aliphatic heterocycles. The smallest absolute Gasteiger partial charge is 0.178 e. The van der Waals surface area contributed by atoms with Crippen LogP contribution in [-0.2, 0) is 14.6 Å². The van der Waals surface area contributed by atoms with E-state index in [4.69, 9.17) is 9.84 Å². The van der Waals surface area contributed by atoms with Crippen LogP contribution in [0.1, 0.15) is 13.3 Å². The van der Waals surface area contributed by atoms with Crippen LogP contribution in [0.2, 0.25) is 0 Å². The summed E-state index contributed by atoms with van der Waals surface area (Å²) in [5, 5.41) is 9.13. The summed E-state index contributed by atoms with van der Waals surface area (Å²) >= 11 is 0. The molecule has 0 bridgehead atoms. The van der Waals surface area contributed by atoms with Crippen LogP contribution in [-0.4, -0.2) is 51.7 Å². The highest BCUT2D eigenvalue weighted by atomic mass is 32.2. The molecule has 5 nitrogen and oxygen atoms in total. The average molecular weight is 299 g/mol. The first-order valence-corrected chi connectivity index (χ1v) is 8.52. The Hall–Kier alpha value is -1.11. The molecule has 1 saturated heterocycles. The van der Waals surface area contributed by atoms with Gasteiger partial charge >= 0.3 is 0 Å². The third-order valence-electron chi connectivity index (χ3n) is 3.38. The Morgan fingerprint density at radius 2 is 2.05 bits per heavy atom. The second kappa shape index (κ2) is 6.56. The number of benzene rings is 1. The largest absolute Gasteiger partial charge is 0.394 e. The fourth-order valence-electron chi connectivity index (χ4n) is 2.32. The number of hydrogen-bond acceptors (Lipinski definition) is 5. The summed E-state index contributed by atoms with van der Waals surface area (Å²) in [6.07, 6.45) is 0.443. The maximum absolute atomic E-state index is 12.0. The number of nitrogens with zero attached hydrogens (tertiary/aromatic N) is 1. The summed E-state index contributed by atoms with van der Waals surface area (Å²) in [6, 6.07) is 6.96. The van der Waals surface area contributed by atoms with Crippen LogP contribution < -0.4 is 4.90 Å². The van der Waals surface area contributed by atoms with E-state index in [-0.39, 0.29) is 18.5 Å². The summed E-state index contributed by atoms with van der Waals surface area (Å²) in [5.74, 6) is 0.177. The van der Waals surface area contributed by atoms with E-state index in [1.54, 1.807) is 12.1 Å². The zero-order valence-electron chi connectivity index (χ0n) is 11.7. The molecule has 1 atom stereocenters. The summed E-state index contributed by atoms with van der Waals surface area (Å²) in [6.45, 7) is 3.80. The average Bonchev–Trinajstić information content (AvgIpc) is 2.47. The number of anilines is 1. The summed E-state index contributed by atoms with van der Waals surface area (Å²) in [7, 11) is -3.16. The molecule has 1 aromatic carbocycles. The molecule has 0 spiro atoms. The zero-order chi connectivity index (χ0) is 14.6. The van der Waals surface area contributed by atoms with Crippen LogP contribution in [0.3, 0.4) is 0 Å². The summed E-state index contributed by atoms with van der Waals surface area (Å²) in [4.78, 5) is 2.47. The lowest BCUT2D eigenvalue weighted by atomic mass is 10.2. The van der Waals surface area contributed by atoms with Crippen molar-refractivity contribution in [1.29, 1.82) is 0 Å². The van der Waals surface area contributed by atoms with E-state index < -0.39 is 9.84 Å². The molecule has 2 rings (SSSR count). The third-order valence-corrected chi connectivity index (χ3v) is 5.31. The molecule has 20 heavy (non-hydrogen) atoms. The molecular formula is C14H21NO4S. The van der Waals surface area contributed by atoms with E-state index >= 15 is 0 Å². The van der Waals surface area contributed by atoms with Crippen molar-refractivity contribution >= 4 is 15.5 Å². The Bertz CT molecular complexity index is 527. The molecule has 1 unspecified atom stereocenters. The standard InChI is InChI=1S/C14H21NO4S/c1-2-9-20(17,18)14-5-3-12(4-6-14)15-7-8-19-13(10-15)11-16/h3-6,13,16H,2,7-11H2,1H3. The Labute approximate surface area is 120 Å². The quantitative estimate of drug-likeness (QED) is 0.881. The van der Waals surface area contributed by atoms with Gasteiger partial charge in [0.2, 0.25) is 0 Å². The number of aliphatic hydroxyl groups is 1. The molecule has 1 heterocycles. The van der Waals surface area contributed by atoms with Crippen molar-refractivity contribution in [3.63, 3.8) is 0 Å². The van der Waals surface area contributed by atoms with Crippen LogP contribution >= 0.6 is 0 Å². The predicted octanol–water partition coefficient (Wildman–Crippen LogP) is 1.07. The van der Waals surface area contributed by atoms with Crippen molar-refractivity contribution in [2.75, 3.05) is 37.0 Å². The van der Waals surface area contributed by atoms with Gasteiger partial charge in [0.25, 0.3) is 0 Å². The lowest BCUT2D eigenvalue weighted by molar-refractivity contribution is 0.00356. The van der Waals surface area contributed by atoms with E-state index in [1.807, 2.05) is 19.1 Å². The van der Waals surface area contributed by atoms with Gasteiger partial charge in [-0.05, 0) is 30.7 Å². The van der Waals surface area contributed by atoms with Crippen molar-refractivity contribution in [2.45, 2.75) is 24.3 Å². The van der Waals surface area contributed by atoms with Crippen molar-refractivity contribution in [1.82, 2.24) is 0 Å². The van der Waals surface area contributed by atoms with E-state index in [1.165, 1.54) is 0 Å². The normalized spacial score (nSPS) is 20.1. The van der Waals surface area contributed by atoms with E-state index in [2.05, 4.69) is 4.90 Å². The van der Waals surface area contributed by atoms with E-state index in [0.717, 1.165) is 12.2 Å². The lowest BCUT2D eigenvalue weighted by Crippen LogP contribution is -2.44. The first kappa shape index (κ1) is 15.3. The fraction of sp³-hybridized carbons (Fsp3) is 0.571. The number of aliphatic hydroxyl groups excluding tert-OH is 1. The monoisotopic (exact) mass is 299 g/mol. The second-order valence-electron chi connectivity index (χ2n) is 4.93. The molecule has 0 aliphatic carbocycles. The first-order valence-electron chi connectivity index (χ1n) is 6.87. The molecule has 1 aliphatic rings. The summed E-state index contributed by atoms with van der Waals surface area (Å²) < 4.78 is 29.3. The lowest BCUT2D eigenvalue weighted by Gasteiger charge is -2.33. The molecule has 1 fully saturated rings. The Balaban J connectivity index is 2.12. The Kier molecular flexibility index (Phi) is 5.01. The van der Waals surface area contributed by atoms with Gasteiger partial charge in [0.05, 0.1) is 30.0 Å². The second-order valence-corrected chi connectivity index (χ2v) is 7.04. The third kappa shape index (κ3) is 3.50. The minimum Gasteiger partial charge on any atom is -0.394 e. The molecule has 1 aromatic rings. The van der Waals surface area contributed by atoms with Gasteiger partial charge in [-0.2, -0.15) is 0 Å². The van der Waals surface area contributed by atoms with E-state index in [9.17, 15) is 8.42 Å². The number of ether oxygens (including phenoxy) is 1. The maximum Gasteiger partial charge on any atom is 0.178 e. The van der Waals surface area contributed by atoms with Gasteiger partial charge in [0.1, 0.15) is 0 Å². The molecular weight excluding hydrogens is 278 g/mol. The van der Waals surface area contributed by atoms with Gasteiger partial charge in [-0.15, -0.1) is 0 Å². The minimum absolute atomic E-state index is 0.000533. The number of rotatable bonds is 5. The Morgan fingerprint density at radius 1 is 1.35 bits per heavy atom. The molecule has 0 radical (unpaired) electrons. The van der Waals surface area contributed by atoms with Crippen molar-refractivity contribution in [2.24, 2.45) is 0 Å². The number of hydrogen-bond donors (Lipinski definition) is 1. The van der Waals surface area contributed by atoms with Crippen LogP contribution in [0.4, 0.5) is 5.69 Å². The van der Waals surface area contributed by atoms with Gasteiger partial charge in [-0.25, -0.2) is 8.42 Å². The fourth-order valence-corrected chi connectivity index (χ4v) is 3.64. The number of sulfone groups is 1. The maximum atomic E-state index is 12.0. The molecule has 112 valence electrons. The van der Waals surface area contributed by atoms with Crippen LogP contribution in [0.5, 0.6) is 0 Å². The van der Waals surface area contributed by atoms with Crippen molar-refractivity contribution < 1.29 is 18.3 Å². The highest BCUT2D eigenvalue weighted by Gasteiger charge is 2.20. The molecule has 0 saturated carbocycles. The SMILES string of the molecule is CCCS(=O)(=O)c1ccc(N2CCOC(CO)C2)cc1. The topological polar surface area (TPSA) is 66.8 Å². The highest BCUT2D eigenvalue weighted by molar-refractivity contribution is 7.91. The first-order chi connectivity index (χ1) is 9.56. The molecule has 6 heteroatoms. The van der Waals surface area contributed by atoms with Crippen LogP contribution in [0.15, 0.2) is 29.2 Å². The predicted molar refractivity (Wildman–Crippen MR) is 77.8 cm³/mol. The van der Waals surface area contributed by atoms with Crippen molar-refractivity contribution in [3.05, 3.63) is 24.3 Å². The van der Waals surface area contributed by atoms with Gasteiger partial charge in [0, 0.05) is 18.8 Å². The molecule has 0 aromatic heterocycles. The van der Waals surface area contributed by atoms with Gasteiger partial charge in [-0.1, -0.05) is 6.92 Å². The zero-order valence-corrected chi connectivity index (χ0v) is 12.5. The van der Waals surface area contributed by atoms with Crippen LogP contribution in [0, 0.1) is 0 Å². The molecule has 1 N–H and O–H groups in total. The van der Waals surface area contributed by atoms with Gasteiger partial charge in [-0.3, -0.25) is 0 Å². The van der Waals surface area contributed by atoms with Gasteiger partial charge in [0.15, 0.2) is 9.84 Å². The molecule has 0 amide bonds. The van der Waals surface area contributed by atoms with Crippen LogP contribution in [0.25, 0.3) is 0 Å². The Morgan fingerprint density at radius 3 is 2.65 bits per heavy atom. The van der Waals surface area contributed by atoms with E-state index in [0.29, 0.717) is 24.5 Å². The highest BCUT2D eigenvalue weighted by Crippen LogP contribution is 2.21. The van der Waals surface area contributed by atoms with Crippen molar-refractivity contribution in [3.8, 4) is 0 Å². The minimum atomic E-state index is -3.16. The van der Waals surface area contributed by atoms with Gasteiger partial charge < -0.3 is 14.7 Å². The summed E-state index contributed by atoms with van der Waals surface area (Å²) in [5.41, 5.74) is 0.960. The number of morpholine rings is 1.